The van der Waals surface area contributed by atoms with Gasteiger partial charge >= 0.3 is 0 Å². The van der Waals surface area contributed by atoms with Crippen LogP contribution in [0.4, 0.5) is 0 Å². The van der Waals surface area contributed by atoms with Crippen molar-refractivity contribution in [2.45, 2.75) is 61.9 Å². The van der Waals surface area contributed by atoms with Crippen LogP contribution in [-0.4, -0.2) is 47.3 Å². The third-order valence-electron chi connectivity index (χ3n) is 5.28. The lowest BCUT2D eigenvalue weighted by Gasteiger charge is -2.30. The summed E-state index contributed by atoms with van der Waals surface area (Å²) in [4.78, 5) is 20.0. The number of H-pyrrole nitrogens is 1. The molecule has 0 aliphatic heterocycles. The van der Waals surface area contributed by atoms with Crippen LogP contribution >= 0.6 is 11.8 Å². The van der Waals surface area contributed by atoms with Gasteiger partial charge in [0.1, 0.15) is 4.90 Å². The average molecular weight is 422 g/mol. The van der Waals surface area contributed by atoms with Gasteiger partial charge in [0, 0.05) is 36.2 Å². The first kappa shape index (κ1) is 21.1. The Labute approximate surface area is 171 Å². The minimum Gasteiger partial charge on any atom is -0.362 e. The summed E-state index contributed by atoms with van der Waals surface area (Å²) in [6.45, 7) is 3.80. The minimum absolute atomic E-state index is 0.0300. The SMILES string of the molecule is Cc1cc(C(=O)CSc2ccc(S(=O)(=O)N(C)C3CCCCC3)cn2)c(C)[nH]1. The van der Waals surface area contributed by atoms with Crippen LogP contribution in [0.15, 0.2) is 34.3 Å². The fraction of sp³-hybridized carbons (Fsp3) is 0.500. The van der Waals surface area contributed by atoms with E-state index in [-0.39, 0.29) is 22.5 Å². The summed E-state index contributed by atoms with van der Waals surface area (Å²) in [5, 5.41) is 0.637. The number of aromatic nitrogens is 2. The van der Waals surface area contributed by atoms with E-state index in [2.05, 4.69) is 9.97 Å². The molecule has 0 atom stereocenters. The highest BCUT2D eigenvalue weighted by Gasteiger charge is 2.29. The molecule has 0 unspecified atom stereocenters. The molecule has 2 heterocycles. The van der Waals surface area contributed by atoms with Crippen molar-refractivity contribution >= 4 is 27.6 Å². The van der Waals surface area contributed by atoms with Gasteiger partial charge in [0.2, 0.25) is 10.0 Å². The van der Waals surface area contributed by atoms with E-state index in [4.69, 9.17) is 0 Å². The molecule has 152 valence electrons. The first-order valence-corrected chi connectivity index (χ1v) is 12.0. The Morgan fingerprint density at radius 1 is 1.25 bits per heavy atom. The van der Waals surface area contributed by atoms with E-state index in [9.17, 15) is 13.2 Å². The molecule has 2 aromatic rings. The minimum atomic E-state index is -3.54. The maximum Gasteiger partial charge on any atom is 0.244 e. The van der Waals surface area contributed by atoms with Crippen molar-refractivity contribution in [2.75, 3.05) is 12.8 Å². The van der Waals surface area contributed by atoms with E-state index < -0.39 is 10.0 Å². The lowest BCUT2D eigenvalue weighted by molar-refractivity contribution is 0.102. The van der Waals surface area contributed by atoms with Crippen molar-refractivity contribution in [3.8, 4) is 0 Å². The number of ketones is 1. The monoisotopic (exact) mass is 421 g/mol. The van der Waals surface area contributed by atoms with E-state index in [1.54, 1.807) is 19.2 Å². The van der Waals surface area contributed by atoms with Gasteiger partial charge < -0.3 is 4.98 Å². The number of sulfonamides is 1. The number of rotatable bonds is 7. The van der Waals surface area contributed by atoms with Gasteiger partial charge in [-0.3, -0.25) is 4.79 Å². The molecule has 0 bridgehead atoms. The fourth-order valence-electron chi connectivity index (χ4n) is 3.64. The van der Waals surface area contributed by atoms with E-state index in [1.165, 1.54) is 28.7 Å². The third kappa shape index (κ3) is 4.67. The molecule has 3 rings (SSSR count). The number of hydrogen-bond acceptors (Lipinski definition) is 5. The summed E-state index contributed by atoms with van der Waals surface area (Å²) in [6.07, 6.45) is 6.55. The predicted molar refractivity (Wildman–Crippen MR) is 111 cm³/mol. The maximum absolute atomic E-state index is 12.9. The standard InChI is InChI=1S/C20H27N3O3S2/c1-14-11-18(15(2)22-14)19(24)13-27-20-10-9-17(12-21-20)28(25,26)23(3)16-7-5-4-6-8-16/h9-12,16,22H,4-8,13H2,1-3H3. The van der Waals surface area contributed by atoms with Crippen molar-refractivity contribution < 1.29 is 13.2 Å². The zero-order chi connectivity index (χ0) is 20.3. The van der Waals surface area contributed by atoms with Gasteiger partial charge in [-0.05, 0) is 44.9 Å². The molecule has 1 fully saturated rings. The van der Waals surface area contributed by atoms with Crippen molar-refractivity contribution in [2.24, 2.45) is 0 Å². The Balaban J connectivity index is 1.64. The molecular weight excluding hydrogens is 394 g/mol. The number of Topliss-reactive ketones (excluding diaryl/α,β-unsaturated/α-hetero) is 1. The Kier molecular flexibility index (Phi) is 6.62. The molecule has 0 radical (unpaired) electrons. The van der Waals surface area contributed by atoms with E-state index in [0.717, 1.165) is 37.1 Å². The van der Waals surface area contributed by atoms with Gasteiger partial charge in [-0.15, -0.1) is 0 Å². The summed E-state index contributed by atoms with van der Waals surface area (Å²) in [5.74, 6) is 0.293. The van der Waals surface area contributed by atoms with Crippen LogP contribution in [0, 0.1) is 13.8 Å². The lowest BCUT2D eigenvalue weighted by atomic mass is 9.96. The molecule has 0 aromatic carbocycles. The molecule has 1 N–H and O–H groups in total. The topological polar surface area (TPSA) is 83.1 Å². The van der Waals surface area contributed by atoms with Gasteiger partial charge in [-0.1, -0.05) is 31.0 Å². The van der Waals surface area contributed by atoms with Crippen molar-refractivity contribution in [1.82, 2.24) is 14.3 Å². The number of nitrogens with one attached hydrogen (secondary N) is 1. The van der Waals surface area contributed by atoms with Crippen LogP contribution in [0.2, 0.25) is 0 Å². The van der Waals surface area contributed by atoms with E-state index in [0.29, 0.717) is 10.6 Å². The number of pyridine rings is 1. The van der Waals surface area contributed by atoms with Gasteiger partial charge in [0.05, 0.1) is 10.8 Å². The summed E-state index contributed by atoms with van der Waals surface area (Å²) in [5.41, 5.74) is 2.52. The number of aryl methyl sites for hydroxylation is 2. The molecule has 28 heavy (non-hydrogen) atoms. The average Bonchev–Trinajstić information content (AvgIpc) is 3.04. The van der Waals surface area contributed by atoms with E-state index in [1.807, 2.05) is 19.9 Å². The highest BCUT2D eigenvalue weighted by Crippen LogP contribution is 2.27. The quantitative estimate of drug-likeness (QED) is 0.540. The van der Waals surface area contributed by atoms with Gasteiger partial charge in [0.15, 0.2) is 5.78 Å². The lowest BCUT2D eigenvalue weighted by Crippen LogP contribution is -2.38. The zero-order valence-corrected chi connectivity index (χ0v) is 18.2. The number of thioether (sulfide) groups is 1. The summed E-state index contributed by atoms with van der Waals surface area (Å²) >= 11 is 1.31. The fourth-order valence-corrected chi connectivity index (χ4v) is 5.73. The van der Waals surface area contributed by atoms with Gasteiger partial charge in [0.25, 0.3) is 0 Å². The van der Waals surface area contributed by atoms with E-state index >= 15 is 0 Å². The van der Waals surface area contributed by atoms with Crippen molar-refractivity contribution in [3.05, 3.63) is 41.3 Å². The predicted octanol–water partition coefficient (Wildman–Crippen LogP) is 3.95. The molecule has 2 aromatic heterocycles. The summed E-state index contributed by atoms with van der Waals surface area (Å²) in [7, 11) is -1.88. The van der Waals surface area contributed by atoms with Crippen molar-refractivity contribution in [1.29, 1.82) is 0 Å². The number of carbonyl (C=O) groups excluding carboxylic acids is 1. The Hall–Kier alpha value is -1.64. The van der Waals surface area contributed by atoms with Gasteiger partial charge in [-0.2, -0.15) is 4.31 Å². The van der Waals surface area contributed by atoms with Crippen LogP contribution in [0.3, 0.4) is 0 Å². The van der Waals surface area contributed by atoms with Crippen LogP contribution in [-0.2, 0) is 10.0 Å². The summed E-state index contributed by atoms with van der Waals surface area (Å²) in [6, 6.07) is 5.18. The first-order chi connectivity index (χ1) is 13.3. The smallest absolute Gasteiger partial charge is 0.244 e. The zero-order valence-electron chi connectivity index (χ0n) is 16.6. The van der Waals surface area contributed by atoms with Crippen LogP contribution in [0.25, 0.3) is 0 Å². The van der Waals surface area contributed by atoms with Crippen LogP contribution in [0.5, 0.6) is 0 Å². The highest BCUT2D eigenvalue weighted by atomic mass is 32.2. The second kappa shape index (κ2) is 8.80. The normalized spacial score (nSPS) is 15.9. The van der Waals surface area contributed by atoms with Crippen LogP contribution in [0.1, 0.15) is 53.8 Å². The molecule has 1 saturated carbocycles. The maximum atomic E-state index is 12.9. The molecule has 6 nitrogen and oxygen atoms in total. The Morgan fingerprint density at radius 3 is 2.54 bits per heavy atom. The largest absolute Gasteiger partial charge is 0.362 e. The number of hydrogen-bond donors (Lipinski definition) is 1. The summed E-state index contributed by atoms with van der Waals surface area (Å²) < 4.78 is 27.2. The third-order valence-corrected chi connectivity index (χ3v) is 8.11. The molecule has 0 amide bonds. The number of carbonyl (C=O) groups is 1. The molecule has 8 heteroatoms. The molecule has 0 spiro atoms. The molecule has 1 aliphatic carbocycles. The van der Waals surface area contributed by atoms with Crippen LogP contribution < -0.4 is 0 Å². The Bertz CT molecular complexity index is 930. The molecule has 0 saturated heterocycles. The van der Waals surface area contributed by atoms with Gasteiger partial charge in [-0.25, -0.2) is 13.4 Å². The first-order valence-electron chi connectivity index (χ1n) is 9.55. The Morgan fingerprint density at radius 2 is 1.96 bits per heavy atom. The molecule has 1 aliphatic rings. The second-order valence-corrected chi connectivity index (χ2v) is 10.3. The highest BCUT2D eigenvalue weighted by molar-refractivity contribution is 7.99. The molecular formula is C20H27N3O3S2. The number of aromatic amines is 1. The number of nitrogens with zero attached hydrogens (tertiary/aromatic N) is 2. The van der Waals surface area contributed by atoms with Crippen molar-refractivity contribution in [3.63, 3.8) is 0 Å². The second-order valence-electron chi connectivity index (χ2n) is 7.35.